The first kappa shape index (κ1) is 20.9. The second-order valence-corrected chi connectivity index (χ2v) is 7.72. The van der Waals surface area contributed by atoms with Crippen LogP contribution in [0, 0.1) is 13.8 Å². The van der Waals surface area contributed by atoms with E-state index in [9.17, 15) is 9.59 Å². The van der Waals surface area contributed by atoms with E-state index in [1.807, 2.05) is 32.0 Å². The van der Waals surface area contributed by atoms with Gasteiger partial charge in [-0.1, -0.05) is 35.5 Å². The number of aryl methyl sites for hydroxylation is 1. The third-order valence-electron chi connectivity index (χ3n) is 4.25. The normalized spacial score (nSPS) is 10.6. The molecule has 0 aliphatic rings. The van der Waals surface area contributed by atoms with Crippen LogP contribution in [0.2, 0.25) is 5.02 Å². The number of H-pyrrole nitrogens is 1. The van der Waals surface area contributed by atoms with Crippen LogP contribution < -0.4 is 10.6 Å². The van der Waals surface area contributed by atoms with Gasteiger partial charge in [-0.05, 0) is 55.3 Å². The minimum Gasteiger partial charge on any atom is -0.345 e. The number of thioether (sulfide) groups is 1. The lowest BCUT2D eigenvalue weighted by Crippen LogP contribution is -2.23. The van der Waals surface area contributed by atoms with Gasteiger partial charge in [0.2, 0.25) is 11.1 Å². The second kappa shape index (κ2) is 9.58. The lowest BCUT2D eigenvalue weighted by molar-refractivity contribution is -0.113. The quantitative estimate of drug-likeness (QED) is 0.497. The molecule has 0 bridgehead atoms. The fourth-order valence-electron chi connectivity index (χ4n) is 2.49. The zero-order valence-electron chi connectivity index (χ0n) is 16.0. The number of carbonyl (C=O) groups is 2. The second-order valence-electron chi connectivity index (χ2n) is 6.34. The van der Waals surface area contributed by atoms with Crippen molar-refractivity contribution in [1.82, 2.24) is 20.5 Å². The first-order chi connectivity index (χ1) is 13.9. The first-order valence-electron chi connectivity index (χ1n) is 8.86. The van der Waals surface area contributed by atoms with Crippen LogP contribution in [-0.2, 0) is 11.3 Å². The summed E-state index contributed by atoms with van der Waals surface area (Å²) in [5.74, 6) is 0.318. The topological polar surface area (TPSA) is 99.8 Å². The van der Waals surface area contributed by atoms with Crippen molar-refractivity contribution >= 4 is 40.9 Å². The maximum Gasteiger partial charge on any atom is 0.251 e. The summed E-state index contributed by atoms with van der Waals surface area (Å²) in [7, 11) is 0. The molecular formula is C20H20ClN5O2S. The summed E-state index contributed by atoms with van der Waals surface area (Å²) in [5, 5.41) is 13.5. The molecule has 0 aliphatic carbocycles. The average molecular weight is 430 g/mol. The van der Waals surface area contributed by atoms with Crippen molar-refractivity contribution in [1.29, 1.82) is 0 Å². The van der Waals surface area contributed by atoms with Crippen LogP contribution in [0.1, 0.15) is 27.3 Å². The van der Waals surface area contributed by atoms with Crippen molar-refractivity contribution in [3.05, 3.63) is 70.0 Å². The number of nitrogens with one attached hydrogen (secondary N) is 3. The zero-order chi connectivity index (χ0) is 20.8. The predicted octanol–water partition coefficient (Wildman–Crippen LogP) is 3.74. The van der Waals surface area contributed by atoms with Gasteiger partial charge in [0.15, 0.2) is 0 Å². The third-order valence-corrected chi connectivity index (χ3v) is 5.34. The van der Waals surface area contributed by atoms with E-state index in [4.69, 9.17) is 11.6 Å². The van der Waals surface area contributed by atoms with Crippen molar-refractivity contribution in [2.24, 2.45) is 0 Å². The van der Waals surface area contributed by atoms with Crippen molar-refractivity contribution in [2.75, 3.05) is 11.1 Å². The van der Waals surface area contributed by atoms with Crippen molar-refractivity contribution < 1.29 is 9.59 Å². The smallest absolute Gasteiger partial charge is 0.251 e. The van der Waals surface area contributed by atoms with Crippen LogP contribution in [0.25, 0.3) is 0 Å². The molecule has 0 spiro atoms. The highest BCUT2D eigenvalue weighted by atomic mass is 35.5. The van der Waals surface area contributed by atoms with Crippen LogP contribution in [0.15, 0.2) is 47.6 Å². The number of nitrogens with zero attached hydrogens (tertiary/aromatic N) is 2. The molecule has 0 unspecified atom stereocenters. The van der Waals surface area contributed by atoms with Gasteiger partial charge in [-0.15, -0.1) is 5.10 Å². The number of hydrogen-bond acceptors (Lipinski definition) is 5. The summed E-state index contributed by atoms with van der Waals surface area (Å²) in [6.07, 6.45) is 0. The fourth-order valence-corrected chi connectivity index (χ4v) is 3.23. The Balaban J connectivity index is 1.47. The summed E-state index contributed by atoms with van der Waals surface area (Å²) in [6, 6.07) is 12.4. The van der Waals surface area contributed by atoms with Gasteiger partial charge in [0.1, 0.15) is 5.82 Å². The molecule has 29 heavy (non-hydrogen) atoms. The summed E-state index contributed by atoms with van der Waals surface area (Å²) in [5.41, 5.74) is 3.47. The molecule has 3 N–H and O–H groups in total. The number of carbonyl (C=O) groups excluding carboxylic acids is 2. The number of rotatable bonds is 7. The predicted molar refractivity (Wildman–Crippen MR) is 114 cm³/mol. The Morgan fingerprint density at radius 1 is 1.14 bits per heavy atom. The summed E-state index contributed by atoms with van der Waals surface area (Å²) >= 11 is 7.04. The van der Waals surface area contributed by atoms with E-state index >= 15 is 0 Å². The molecule has 0 saturated carbocycles. The molecule has 0 fully saturated rings. The maximum atomic E-state index is 12.2. The molecule has 9 heteroatoms. The summed E-state index contributed by atoms with van der Waals surface area (Å²) in [4.78, 5) is 28.6. The van der Waals surface area contributed by atoms with Gasteiger partial charge in [0.05, 0.1) is 12.3 Å². The molecule has 2 amide bonds. The number of hydrogen-bond donors (Lipinski definition) is 3. The van der Waals surface area contributed by atoms with Crippen LogP contribution in [0.4, 0.5) is 5.69 Å². The van der Waals surface area contributed by atoms with Gasteiger partial charge in [-0.3, -0.25) is 14.7 Å². The molecule has 7 nitrogen and oxygen atoms in total. The SMILES string of the molecule is Cc1cccc(NC(=O)CSc2n[nH]c(CNC(=O)c3ccc(Cl)cc3)n2)c1C. The molecule has 0 atom stereocenters. The Bertz CT molecular complexity index is 1020. The molecular weight excluding hydrogens is 410 g/mol. The van der Waals surface area contributed by atoms with E-state index in [0.717, 1.165) is 16.8 Å². The van der Waals surface area contributed by atoms with Crippen LogP contribution in [-0.4, -0.2) is 32.7 Å². The highest BCUT2D eigenvalue weighted by Crippen LogP contribution is 2.19. The molecule has 0 radical (unpaired) electrons. The minimum absolute atomic E-state index is 0.133. The van der Waals surface area contributed by atoms with Gasteiger partial charge < -0.3 is 10.6 Å². The Morgan fingerprint density at radius 2 is 1.90 bits per heavy atom. The van der Waals surface area contributed by atoms with E-state index in [-0.39, 0.29) is 24.1 Å². The van der Waals surface area contributed by atoms with Crippen LogP contribution in [0.3, 0.4) is 0 Å². The Morgan fingerprint density at radius 3 is 2.66 bits per heavy atom. The Labute approximate surface area is 177 Å². The molecule has 3 aromatic rings. The standard InChI is InChI=1S/C20H20ClN5O2S/c1-12-4-3-5-16(13(12)2)23-18(27)11-29-20-24-17(25-26-20)10-22-19(28)14-6-8-15(21)9-7-14/h3-9H,10-11H2,1-2H3,(H,22,28)(H,23,27)(H,24,25,26). The average Bonchev–Trinajstić information content (AvgIpc) is 3.16. The van der Waals surface area contributed by atoms with Gasteiger partial charge in [-0.25, -0.2) is 4.98 Å². The van der Waals surface area contributed by atoms with E-state index < -0.39 is 0 Å². The summed E-state index contributed by atoms with van der Waals surface area (Å²) in [6.45, 7) is 4.17. The molecule has 1 heterocycles. The number of anilines is 1. The number of aromatic nitrogens is 3. The molecule has 0 saturated heterocycles. The highest BCUT2D eigenvalue weighted by molar-refractivity contribution is 7.99. The van der Waals surface area contributed by atoms with Gasteiger partial charge >= 0.3 is 0 Å². The lowest BCUT2D eigenvalue weighted by atomic mass is 10.1. The number of benzene rings is 2. The van der Waals surface area contributed by atoms with Crippen molar-refractivity contribution in [3.8, 4) is 0 Å². The summed E-state index contributed by atoms with van der Waals surface area (Å²) < 4.78 is 0. The minimum atomic E-state index is -0.236. The van der Waals surface area contributed by atoms with E-state index in [0.29, 0.717) is 21.6 Å². The third kappa shape index (κ3) is 5.82. The van der Waals surface area contributed by atoms with E-state index in [2.05, 4.69) is 25.8 Å². The molecule has 3 rings (SSSR count). The van der Waals surface area contributed by atoms with Crippen LogP contribution >= 0.6 is 23.4 Å². The Kier molecular flexibility index (Phi) is 6.90. The molecule has 0 aliphatic heterocycles. The first-order valence-corrected chi connectivity index (χ1v) is 10.2. The van der Waals surface area contributed by atoms with Gasteiger partial charge in [0, 0.05) is 16.3 Å². The largest absolute Gasteiger partial charge is 0.345 e. The van der Waals surface area contributed by atoms with Crippen molar-refractivity contribution in [2.45, 2.75) is 25.5 Å². The van der Waals surface area contributed by atoms with Crippen LogP contribution in [0.5, 0.6) is 0 Å². The molecule has 150 valence electrons. The van der Waals surface area contributed by atoms with E-state index in [1.54, 1.807) is 24.3 Å². The number of amides is 2. The number of halogens is 1. The van der Waals surface area contributed by atoms with Crippen molar-refractivity contribution in [3.63, 3.8) is 0 Å². The van der Waals surface area contributed by atoms with Gasteiger partial charge in [-0.2, -0.15) is 0 Å². The monoisotopic (exact) mass is 429 g/mol. The van der Waals surface area contributed by atoms with Gasteiger partial charge in [0.25, 0.3) is 5.91 Å². The number of aromatic amines is 1. The Hall–Kier alpha value is -2.84. The molecule has 2 aromatic carbocycles. The maximum absolute atomic E-state index is 12.2. The fraction of sp³-hybridized carbons (Fsp3) is 0.200. The molecule has 1 aromatic heterocycles. The van der Waals surface area contributed by atoms with E-state index in [1.165, 1.54) is 11.8 Å². The highest BCUT2D eigenvalue weighted by Gasteiger charge is 2.11. The lowest BCUT2D eigenvalue weighted by Gasteiger charge is -2.09. The zero-order valence-corrected chi connectivity index (χ0v) is 17.5.